The molecule has 0 spiro atoms. The van der Waals surface area contributed by atoms with Gasteiger partial charge in [0.25, 0.3) is 0 Å². The summed E-state index contributed by atoms with van der Waals surface area (Å²) in [6, 6.07) is 0.507. The monoisotopic (exact) mass is 282 g/mol. The average Bonchev–Trinajstić information content (AvgIpc) is 2.81. The van der Waals surface area contributed by atoms with Crippen molar-refractivity contribution in [1.82, 2.24) is 9.80 Å². The summed E-state index contributed by atoms with van der Waals surface area (Å²) in [6.45, 7) is 11.5. The molecule has 4 nitrogen and oxygen atoms in total. The first kappa shape index (κ1) is 15.8. The van der Waals surface area contributed by atoms with E-state index >= 15 is 0 Å². The Bertz CT molecular complexity index is 317. The number of nitrogens with zero attached hydrogens (tertiary/aromatic N) is 2. The Hall–Kier alpha value is -0.610. The summed E-state index contributed by atoms with van der Waals surface area (Å²) in [5, 5.41) is 0. The largest absolute Gasteiger partial charge is 0.376 e. The Morgan fingerprint density at radius 1 is 1.20 bits per heavy atom. The number of hydrogen-bond acceptors (Lipinski definition) is 3. The Kier molecular flexibility index (Phi) is 5.44. The van der Waals surface area contributed by atoms with Crippen molar-refractivity contribution in [1.29, 1.82) is 0 Å². The van der Waals surface area contributed by atoms with Gasteiger partial charge in [-0.15, -0.1) is 0 Å². The van der Waals surface area contributed by atoms with Gasteiger partial charge >= 0.3 is 0 Å². The third kappa shape index (κ3) is 4.74. The van der Waals surface area contributed by atoms with E-state index in [-0.39, 0.29) is 5.60 Å². The van der Waals surface area contributed by atoms with Gasteiger partial charge in [0, 0.05) is 45.2 Å². The highest BCUT2D eigenvalue weighted by atomic mass is 16.5. The van der Waals surface area contributed by atoms with Crippen LogP contribution < -0.4 is 0 Å². The van der Waals surface area contributed by atoms with Crippen molar-refractivity contribution in [2.75, 3.05) is 32.8 Å². The first-order valence-electron chi connectivity index (χ1n) is 8.11. The molecule has 2 aliphatic rings. The Labute approximate surface area is 123 Å². The Morgan fingerprint density at radius 3 is 2.45 bits per heavy atom. The summed E-state index contributed by atoms with van der Waals surface area (Å²) < 4.78 is 5.76. The first-order chi connectivity index (χ1) is 9.46. The van der Waals surface area contributed by atoms with Crippen molar-refractivity contribution in [3.63, 3.8) is 0 Å². The molecule has 0 aliphatic carbocycles. The molecule has 0 N–H and O–H groups in total. The minimum absolute atomic E-state index is 0.0247. The van der Waals surface area contributed by atoms with E-state index in [4.69, 9.17) is 4.74 Å². The molecule has 0 aromatic heterocycles. The van der Waals surface area contributed by atoms with Crippen LogP contribution >= 0.6 is 0 Å². The molecule has 0 radical (unpaired) electrons. The second-order valence-electron chi connectivity index (χ2n) is 7.08. The molecule has 2 aliphatic heterocycles. The molecule has 0 bridgehead atoms. The maximum atomic E-state index is 11.8. The maximum Gasteiger partial charge on any atom is 0.222 e. The summed E-state index contributed by atoms with van der Waals surface area (Å²) in [4.78, 5) is 16.4. The zero-order chi connectivity index (χ0) is 14.6. The molecule has 0 atom stereocenters. The van der Waals surface area contributed by atoms with Crippen LogP contribution in [0, 0.1) is 0 Å². The lowest BCUT2D eigenvalue weighted by Gasteiger charge is -2.36. The molecule has 2 rings (SSSR count). The lowest BCUT2D eigenvalue weighted by molar-refractivity contribution is -0.130. The molecule has 0 aromatic carbocycles. The van der Waals surface area contributed by atoms with Crippen LogP contribution in [-0.4, -0.2) is 60.1 Å². The van der Waals surface area contributed by atoms with Crippen LogP contribution in [0.25, 0.3) is 0 Å². The molecule has 116 valence electrons. The van der Waals surface area contributed by atoms with Crippen LogP contribution in [0.2, 0.25) is 0 Å². The highest BCUT2D eigenvalue weighted by Gasteiger charge is 2.30. The normalized spacial score (nSPS) is 22.8. The summed E-state index contributed by atoms with van der Waals surface area (Å²) in [5.74, 6) is 0.377. The van der Waals surface area contributed by atoms with Crippen molar-refractivity contribution < 1.29 is 9.53 Å². The Balaban J connectivity index is 1.61. The van der Waals surface area contributed by atoms with E-state index in [1.807, 2.05) is 0 Å². The standard InChI is InChI=1S/C16H30N2O2/c1-16(2,3)20-13-5-9-17-11-7-14(8-12-17)18-10-4-6-15(18)19/h14H,4-13H2,1-3H3. The number of hydrogen-bond donors (Lipinski definition) is 0. The van der Waals surface area contributed by atoms with Crippen LogP contribution in [0.15, 0.2) is 0 Å². The van der Waals surface area contributed by atoms with Gasteiger partial charge in [-0.1, -0.05) is 0 Å². The van der Waals surface area contributed by atoms with Crippen LogP contribution in [0.3, 0.4) is 0 Å². The van der Waals surface area contributed by atoms with Gasteiger partial charge in [0.15, 0.2) is 0 Å². The van der Waals surface area contributed by atoms with E-state index in [2.05, 4.69) is 30.6 Å². The predicted molar refractivity (Wildman–Crippen MR) is 80.7 cm³/mol. The van der Waals surface area contributed by atoms with Crippen molar-refractivity contribution in [3.05, 3.63) is 0 Å². The summed E-state index contributed by atoms with van der Waals surface area (Å²) in [7, 11) is 0. The minimum atomic E-state index is -0.0247. The molecule has 0 aromatic rings. The SMILES string of the molecule is CC(C)(C)OCCCN1CCC(N2CCCC2=O)CC1. The molecule has 0 unspecified atom stereocenters. The molecule has 2 saturated heterocycles. The summed E-state index contributed by atoms with van der Waals surface area (Å²) >= 11 is 0. The first-order valence-corrected chi connectivity index (χ1v) is 8.11. The lowest BCUT2D eigenvalue weighted by atomic mass is 10.0. The molecule has 1 amide bonds. The zero-order valence-electron chi connectivity index (χ0n) is 13.4. The van der Waals surface area contributed by atoms with Gasteiger partial charge in [0.1, 0.15) is 0 Å². The smallest absolute Gasteiger partial charge is 0.222 e. The van der Waals surface area contributed by atoms with Crippen molar-refractivity contribution in [2.24, 2.45) is 0 Å². The number of ether oxygens (including phenoxy) is 1. The van der Waals surface area contributed by atoms with Crippen LogP contribution in [0.5, 0.6) is 0 Å². The van der Waals surface area contributed by atoms with Crippen LogP contribution in [0.4, 0.5) is 0 Å². The molecule has 20 heavy (non-hydrogen) atoms. The highest BCUT2D eigenvalue weighted by molar-refractivity contribution is 5.78. The number of carbonyl (C=O) groups excluding carboxylic acids is 1. The molecule has 2 fully saturated rings. The van der Waals surface area contributed by atoms with Gasteiger partial charge in [-0.25, -0.2) is 0 Å². The lowest BCUT2D eigenvalue weighted by Crippen LogP contribution is -2.45. The maximum absolute atomic E-state index is 11.8. The summed E-state index contributed by atoms with van der Waals surface area (Å²) in [6.07, 6.45) is 5.22. The van der Waals surface area contributed by atoms with Crippen LogP contribution in [0.1, 0.15) is 52.9 Å². The number of amides is 1. The minimum Gasteiger partial charge on any atom is -0.376 e. The van der Waals surface area contributed by atoms with Gasteiger partial charge in [-0.3, -0.25) is 4.79 Å². The second kappa shape index (κ2) is 6.90. The quantitative estimate of drug-likeness (QED) is 0.725. The molecule has 4 heteroatoms. The zero-order valence-corrected chi connectivity index (χ0v) is 13.4. The number of piperidine rings is 1. The fourth-order valence-corrected chi connectivity index (χ4v) is 3.18. The fourth-order valence-electron chi connectivity index (χ4n) is 3.18. The topological polar surface area (TPSA) is 32.8 Å². The third-order valence-electron chi connectivity index (χ3n) is 4.26. The molecular formula is C16H30N2O2. The van der Waals surface area contributed by atoms with Crippen LogP contribution in [-0.2, 0) is 9.53 Å². The van der Waals surface area contributed by atoms with E-state index in [1.165, 1.54) is 0 Å². The summed E-state index contributed by atoms with van der Waals surface area (Å²) in [5.41, 5.74) is -0.0247. The van der Waals surface area contributed by atoms with Gasteiger partial charge in [-0.05, 0) is 46.5 Å². The fraction of sp³-hybridized carbons (Fsp3) is 0.938. The predicted octanol–water partition coefficient (Wildman–Crippen LogP) is 2.28. The number of likely N-dealkylation sites (tertiary alicyclic amines) is 2. The highest BCUT2D eigenvalue weighted by Crippen LogP contribution is 2.22. The Morgan fingerprint density at radius 2 is 1.90 bits per heavy atom. The van der Waals surface area contributed by atoms with Crippen molar-refractivity contribution in [3.8, 4) is 0 Å². The molecule has 0 saturated carbocycles. The average molecular weight is 282 g/mol. The van der Waals surface area contributed by atoms with E-state index in [1.54, 1.807) is 0 Å². The van der Waals surface area contributed by atoms with E-state index in [9.17, 15) is 4.79 Å². The van der Waals surface area contributed by atoms with E-state index < -0.39 is 0 Å². The third-order valence-corrected chi connectivity index (χ3v) is 4.26. The van der Waals surface area contributed by atoms with Gasteiger partial charge < -0.3 is 14.5 Å². The molecule has 2 heterocycles. The second-order valence-corrected chi connectivity index (χ2v) is 7.08. The van der Waals surface area contributed by atoms with E-state index in [0.717, 1.165) is 64.9 Å². The van der Waals surface area contributed by atoms with Gasteiger partial charge in [0.05, 0.1) is 5.60 Å². The van der Waals surface area contributed by atoms with Crippen molar-refractivity contribution in [2.45, 2.75) is 64.5 Å². The van der Waals surface area contributed by atoms with Crippen molar-refractivity contribution >= 4 is 5.91 Å². The molecular weight excluding hydrogens is 252 g/mol. The number of carbonyl (C=O) groups is 1. The van der Waals surface area contributed by atoms with E-state index in [0.29, 0.717) is 11.9 Å². The van der Waals surface area contributed by atoms with Gasteiger partial charge in [0.2, 0.25) is 5.91 Å². The van der Waals surface area contributed by atoms with Gasteiger partial charge in [-0.2, -0.15) is 0 Å². The number of rotatable bonds is 5.